The van der Waals surface area contributed by atoms with Crippen LogP contribution in [0, 0.1) is 5.82 Å². The van der Waals surface area contributed by atoms with E-state index in [0.29, 0.717) is 25.3 Å². The highest BCUT2D eigenvalue weighted by Gasteiger charge is 2.29. The lowest BCUT2D eigenvalue weighted by molar-refractivity contribution is 0.168. The molecule has 0 unspecified atom stereocenters. The maximum atomic E-state index is 14.0. The van der Waals surface area contributed by atoms with E-state index in [0.717, 1.165) is 16.5 Å². The molecule has 3 heterocycles. The molecule has 0 saturated carbocycles. The monoisotopic (exact) mass is 396 g/mol. The first-order valence-corrected chi connectivity index (χ1v) is 9.78. The van der Waals surface area contributed by atoms with Gasteiger partial charge < -0.3 is 15.1 Å². The number of aromatic nitrogens is 3. The largest absolute Gasteiger partial charge is 0.365 e. The fraction of sp³-hybridized carbons (Fsp3) is 0.381. The van der Waals surface area contributed by atoms with Crippen LogP contribution in [0.25, 0.3) is 10.9 Å². The Morgan fingerprint density at radius 3 is 2.90 bits per heavy atom. The Morgan fingerprint density at radius 1 is 1.31 bits per heavy atom. The molecule has 0 bridgehead atoms. The second kappa shape index (κ2) is 7.69. The molecule has 2 atom stereocenters. The average Bonchev–Trinajstić information content (AvgIpc) is 3.08. The number of urea groups is 1. The summed E-state index contributed by atoms with van der Waals surface area (Å²) in [6.07, 6.45) is 4.78. The van der Waals surface area contributed by atoms with Crippen LogP contribution in [-0.2, 0) is 7.05 Å². The molecule has 2 aromatic heterocycles. The van der Waals surface area contributed by atoms with Crippen molar-refractivity contribution in [3.8, 4) is 0 Å². The van der Waals surface area contributed by atoms with E-state index in [2.05, 4.69) is 15.4 Å². The van der Waals surface area contributed by atoms with E-state index in [9.17, 15) is 9.18 Å². The number of fused-ring (bicyclic) bond motifs is 1. The van der Waals surface area contributed by atoms with Crippen molar-refractivity contribution in [2.24, 2.45) is 7.05 Å². The van der Waals surface area contributed by atoms with Gasteiger partial charge in [-0.2, -0.15) is 5.10 Å². The number of anilines is 1. The van der Waals surface area contributed by atoms with Crippen molar-refractivity contribution in [2.45, 2.75) is 25.9 Å². The Hall–Kier alpha value is -3.16. The SMILES string of the molecule is C[C@H](NC(=O)N1CCN(c2ccncc2F)C[C@H]1C)c1cccc2nn(C)cc12. The van der Waals surface area contributed by atoms with Crippen LogP contribution >= 0.6 is 0 Å². The van der Waals surface area contributed by atoms with Gasteiger partial charge in [0.25, 0.3) is 0 Å². The number of pyridine rings is 1. The van der Waals surface area contributed by atoms with E-state index in [1.165, 1.54) is 6.20 Å². The van der Waals surface area contributed by atoms with Crippen molar-refractivity contribution >= 4 is 22.6 Å². The molecule has 2 amide bonds. The Balaban J connectivity index is 1.44. The van der Waals surface area contributed by atoms with Crippen molar-refractivity contribution in [3.63, 3.8) is 0 Å². The van der Waals surface area contributed by atoms with Gasteiger partial charge in [0.2, 0.25) is 0 Å². The molecular weight excluding hydrogens is 371 g/mol. The third-order valence-electron chi connectivity index (χ3n) is 5.48. The van der Waals surface area contributed by atoms with Gasteiger partial charge in [0.05, 0.1) is 23.4 Å². The first kappa shape index (κ1) is 19.2. The lowest BCUT2D eigenvalue weighted by Crippen LogP contribution is -2.57. The van der Waals surface area contributed by atoms with E-state index in [-0.39, 0.29) is 23.9 Å². The number of rotatable bonds is 3. The summed E-state index contributed by atoms with van der Waals surface area (Å²) in [5.41, 5.74) is 2.48. The molecule has 3 aromatic rings. The summed E-state index contributed by atoms with van der Waals surface area (Å²) in [6.45, 7) is 5.63. The molecule has 1 fully saturated rings. The molecule has 152 valence electrons. The number of benzene rings is 1. The number of hydrogen-bond acceptors (Lipinski definition) is 4. The molecule has 4 rings (SSSR count). The Bertz CT molecular complexity index is 1030. The number of aryl methyl sites for hydroxylation is 1. The quantitative estimate of drug-likeness (QED) is 0.739. The fourth-order valence-corrected chi connectivity index (χ4v) is 4.01. The molecule has 0 radical (unpaired) electrons. The van der Waals surface area contributed by atoms with E-state index in [4.69, 9.17) is 0 Å². The number of hydrogen-bond donors (Lipinski definition) is 1. The van der Waals surface area contributed by atoms with Crippen LogP contribution in [0.5, 0.6) is 0 Å². The second-order valence-electron chi connectivity index (χ2n) is 7.57. The van der Waals surface area contributed by atoms with Crippen LogP contribution < -0.4 is 10.2 Å². The van der Waals surface area contributed by atoms with Gasteiger partial charge in [0.1, 0.15) is 0 Å². The summed E-state index contributed by atoms with van der Waals surface area (Å²) in [6, 6.07) is 7.30. The standard InChI is InChI=1S/C21H25FN6O/c1-14-12-27(20-7-8-23-11-18(20)22)9-10-28(14)21(29)24-15(2)16-5-4-6-19-17(16)13-26(3)25-19/h4-8,11,13-15H,9-10,12H2,1-3H3,(H,24,29)/t14-,15+/m1/s1. The molecule has 29 heavy (non-hydrogen) atoms. The zero-order valence-electron chi connectivity index (χ0n) is 16.8. The number of carbonyl (C=O) groups is 1. The molecule has 1 aromatic carbocycles. The third kappa shape index (κ3) is 3.74. The minimum absolute atomic E-state index is 0.0438. The van der Waals surface area contributed by atoms with Gasteiger partial charge in [-0.1, -0.05) is 12.1 Å². The van der Waals surface area contributed by atoms with Crippen LogP contribution in [0.4, 0.5) is 14.9 Å². The van der Waals surface area contributed by atoms with Crippen molar-refractivity contribution in [1.29, 1.82) is 0 Å². The zero-order valence-corrected chi connectivity index (χ0v) is 16.8. The van der Waals surface area contributed by atoms with Gasteiger partial charge >= 0.3 is 6.03 Å². The van der Waals surface area contributed by atoms with Crippen LogP contribution in [0.1, 0.15) is 25.5 Å². The van der Waals surface area contributed by atoms with Gasteiger partial charge in [0, 0.05) is 50.5 Å². The highest BCUT2D eigenvalue weighted by Crippen LogP contribution is 2.25. The summed E-state index contributed by atoms with van der Waals surface area (Å²) in [4.78, 5) is 20.5. The second-order valence-corrected chi connectivity index (χ2v) is 7.57. The molecular formula is C21H25FN6O. The van der Waals surface area contributed by atoms with E-state index < -0.39 is 0 Å². The number of carbonyl (C=O) groups excluding carboxylic acids is 1. The van der Waals surface area contributed by atoms with Gasteiger partial charge in [-0.3, -0.25) is 9.67 Å². The minimum Gasteiger partial charge on any atom is -0.365 e. The number of nitrogens with one attached hydrogen (secondary N) is 1. The summed E-state index contributed by atoms with van der Waals surface area (Å²) in [5, 5.41) is 8.58. The van der Waals surface area contributed by atoms with Crippen molar-refractivity contribution in [1.82, 2.24) is 25.0 Å². The third-order valence-corrected chi connectivity index (χ3v) is 5.48. The minimum atomic E-state index is -0.337. The van der Waals surface area contributed by atoms with Crippen molar-refractivity contribution in [3.05, 3.63) is 54.2 Å². The Morgan fingerprint density at radius 2 is 2.14 bits per heavy atom. The smallest absolute Gasteiger partial charge is 0.318 e. The van der Waals surface area contributed by atoms with Gasteiger partial charge in [0.15, 0.2) is 5.82 Å². The number of nitrogens with zero attached hydrogens (tertiary/aromatic N) is 5. The summed E-state index contributed by atoms with van der Waals surface area (Å²) in [7, 11) is 1.89. The van der Waals surface area contributed by atoms with Crippen molar-refractivity contribution in [2.75, 3.05) is 24.5 Å². The molecule has 7 nitrogen and oxygen atoms in total. The molecule has 0 spiro atoms. The first-order valence-electron chi connectivity index (χ1n) is 9.78. The van der Waals surface area contributed by atoms with E-state index in [1.807, 2.05) is 55.1 Å². The zero-order chi connectivity index (χ0) is 20.5. The lowest BCUT2D eigenvalue weighted by Gasteiger charge is -2.41. The molecule has 0 aliphatic carbocycles. The van der Waals surface area contributed by atoms with E-state index in [1.54, 1.807) is 16.9 Å². The number of amides is 2. The molecule has 1 N–H and O–H groups in total. The topological polar surface area (TPSA) is 66.3 Å². The van der Waals surface area contributed by atoms with Crippen LogP contribution in [0.3, 0.4) is 0 Å². The Labute approximate surface area is 169 Å². The predicted molar refractivity (Wildman–Crippen MR) is 110 cm³/mol. The molecule has 1 saturated heterocycles. The van der Waals surface area contributed by atoms with Gasteiger partial charge in [-0.15, -0.1) is 0 Å². The normalized spacial score (nSPS) is 18.1. The summed E-state index contributed by atoms with van der Waals surface area (Å²) in [5.74, 6) is -0.337. The summed E-state index contributed by atoms with van der Waals surface area (Å²) < 4.78 is 15.8. The highest BCUT2D eigenvalue weighted by molar-refractivity contribution is 5.83. The van der Waals surface area contributed by atoms with E-state index >= 15 is 0 Å². The lowest BCUT2D eigenvalue weighted by atomic mass is 10.0. The predicted octanol–water partition coefficient (Wildman–Crippen LogP) is 3.09. The number of halogens is 1. The summed E-state index contributed by atoms with van der Waals surface area (Å²) >= 11 is 0. The highest BCUT2D eigenvalue weighted by atomic mass is 19.1. The maximum absolute atomic E-state index is 14.0. The van der Waals surface area contributed by atoms with Crippen molar-refractivity contribution < 1.29 is 9.18 Å². The van der Waals surface area contributed by atoms with Gasteiger partial charge in [-0.05, 0) is 31.5 Å². The van der Waals surface area contributed by atoms with Crippen LogP contribution in [0.15, 0.2) is 42.9 Å². The Kier molecular flexibility index (Phi) is 5.08. The molecule has 1 aliphatic rings. The van der Waals surface area contributed by atoms with Crippen LogP contribution in [-0.4, -0.2) is 51.4 Å². The van der Waals surface area contributed by atoms with Crippen LogP contribution in [0.2, 0.25) is 0 Å². The first-order chi connectivity index (χ1) is 13.9. The maximum Gasteiger partial charge on any atom is 0.318 e. The number of piperazine rings is 1. The fourth-order valence-electron chi connectivity index (χ4n) is 4.01. The molecule has 1 aliphatic heterocycles. The average molecular weight is 396 g/mol. The van der Waals surface area contributed by atoms with Gasteiger partial charge in [-0.25, -0.2) is 9.18 Å². The molecule has 8 heteroatoms.